The maximum atomic E-state index is 11.9. The van der Waals surface area contributed by atoms with Gasteiger partial charge in [0.1, 0.15) is 5.58 Å². The molecule has 0 fully saturated rings. The first-order valence-electron chi connectivity index (χ1n) is 8.17. The van der Waals surface area contributed by atoms with Gasteiger partial charge in [0, 0.05) is 36.1 Å². The molecule has 0 saturated carbocycles. The predicted octanol–water partition coefficient (Wildman–Crippen LogP) is 3.75. The Balaban J connectivity index is 1.96. The van der Waals surface area contributed by atoms with Crippen molar-refractivity contribution < 1.29 is 9.52 Å². The van der Waals surface area contributed by atoms with Crippen LogP contribution in [0.3, 0.4) is 0 Å². The number of aliphatic hydroxyl groups excluding tert-OH is 1. The molecular formula is C20H20ClNO3. The molecule has 1 N–H and O–H groups in total. The SMILES string of the molecule is Cc1cc2oc(=O)cc(CN(CCO)Cc3ccccc3)c2cc1Cl. The molecule has 0 saturated heterocycles. The quantitative estimate of drug-likeness (QED) is 0.683. The van der Waals surface area contributed by atoms with E-state index in [1.165, 1.54) is 6.07 Å². The van der Waals surface area contributed by atoms with Gasteiger partial charge in [-0.15, -0.1) is 0 Å². The first-order chi connectivity index (χ1) is 12.1. The third-order valence-electron chi connectivity index (χ3n) is 4.17. The Kier molecular flexibility index (Phi) is 5.53. The molecule has 0 atom stereocenters. The fourth-order valence-corrected chi connectivity index (χ4v) is 3.08. The number of aryl methyl sites for hydroxylation is 1. The van der Waals surface area contributed by atoms with Crippen molar-refractivity contribution in [2.75, 3.05) is 13.2 Å². The normalized spacial score (nSPS) is 11.4. The van der Waals surface area contributed by atoms with E-state index in [1.54, 1.807) is 6.07 Å². The van der Waals surface area contributed by atoms with Gasteiger partial charge in [-0.2, -0.15) is 0 Å². The van der Waals surface area contributed by atoms with E-state index in [2.05, 4.69) is 4.90 Å². The van der Waals surface area contributed by atoms with Crippen LogP contribution in [0.15, 0.2) is 57.7 Å². The van der Waals surface area contributed by atoms with Crippen LogP contribution >= 0.6 is 11.6 Å². The van der Waals surface area contributed by atoms with E-state index >= 15 is 0 Å². The molecule has 4 nitrogen and oxygen atoms in total. The zero-order valence-corrected chi connectivity index (χ0v) is 14.8. The zero-order chi connectivity index (χ0) is 17.8. The summed E-state index contributed by atoms with van der Waals surface area (Å²) in [5, 5.41) is 10.9. The second-order valence-corrected chi connectivity index (χ2v) is 6.52. The summed E-state index contributed by atoms with van der Waals surface area (Å²) < 4.78 is 5.32. The van der Waals surface area contributed by atoms with Crippen molar-refractivity contribution in [3.05, 3.63) is 80.7 Å². The average Bonchev–Trinajstić information content (AvgIpc) is 2.58. The van der Waals surface area contributed by atoms with Gasteiger partial charge in [-0.05, 0) is 35.7 Å². The summed E-state index contributed by atoms with van der Waals surface area (Å²) in [4.78, 5) is 14.0. The molecule has 0 amide bonds. The highest BCUT2D eigenvalue weighted by Gasteiger charge is 2.13. The van der Waals surface area contributed by atoms with Crippen molar-refractivity contribution in [1.29, 1.82) is 0 Å². The molecule has 0 spiro atoms. The molecule has 1 heterocycles. The molecule has 25 heavy (non-hydrogen) atoms. The lowest BCUT2D eigenvalue weighted by atomic mass is 10.1. The second kappa shape index (κ2) is 7.83. The minimum atomic E-state index is -0.382. The van der Waals surface area contributed by atoms with E-state index in [0.717, 1.165) is 22.1 Å². The number of hydrogen-bond donors (Lipinski definition) is 1. The van der Waals surface area contributed by atoms with Crippen LogP contribution in [0.4, 0.5) is 0 Å². The van der Waals surface area contributed by atoms with Gasteiger partial charge in [-0.25, -0.2) is 4.79 Å². The highest BCUT2D eigenvalue weighted by Crippen LogP contribution is 2.26. The van der Waals surface area contributed by atoms with Crippen molar-refractivity contribution in [3.8, 4) is 0 Å². The van der Waals surface area contributed by atoms with Gasteiger partial charge in [-0.1, -0.05) is 41.9 Å². The van der Waals surface area contributed by atoms with E-state index in [0.29, 0.717) is 30.2 Å². The van der Waals surface area contributed by atoms with Crippen molar-refractivity contribution in [2.24, 2.45) is 0 Å². The topological polar surface area (TPSA) is 53.7 Å². The summed E-state index contributed by atoms with van der Waals surface area (Å²) in [7, 11) is 0. The molecular weight excluding hydrogens is 338 g/mol. The fourth-order valence-electron chi connectivity index (χ4n) is 2.92. The molecule has 2 aromatic carbocycles. The van der Waals surface area contributed by atoms with Crippen molar-refractivity contribution in [3.63, 3.8) is 0 Å². The lowest BCUT2D eigenvalue weighted by molar-refractivity contribution is 0.184. The Bertz CT molecular complexity index is 921. The van der Waals surface area contributed by atoms with Crippen molar-refractivity contribution in [2.45, 2.75) is 20.0 Å². The Morgan fingerprint density at radius 1 is 1.12 bits per heavy atom. The molecule has 0 aliphatic rings. The number of fused-ring (bicyclic) bond motifs is 1. The fraction of sp³-hybridized carbons (Fsp3) is 0.250. The number of nitrogens with zero attached hydrogens (tertiary/aromatic N) is 1. The molecule has 0 radical (unpaired) electrons. The summed E-state index contributed by atoms with van der Waals surface area (Å²) in [6.07, 6.45) is 0. The standard InChI is InChI=1S/C20H20ClNO3/c1-14-9-19-17(11-18(14)21)16(10-20(24)25-19)13-22(7-8-23)12-15-5-3-2-4-6-15/h2-6,9-11,23H,7-8,12-13H2,1H3. The van der Waals surface area contributed by atoms with Gasteiger partial charge in [0.05, 0.1) is 6.61 Å². The van der Waals surface area contributed by atoms with Gasteiger partial charge < -0.3 is 9.52 Å². The van der Waals surface area contributed by atoms with E-state index < -0.39 is 0 Å². The van der Waals surface area contributed by atoms with Crippen LogP contribution in [0, 0.1) is 6.92 Å². The van der Waals surface area contributed by atoms with Gasteiger partial charge in [0.25, 0.3) is 0 Å². The first kappa shape index (κ1) is 17.7. The van der Waals surface area contributed by atoms with Crippen LogP contribution < -0.4 is 5.63 Å². The van der Waals surface area contributed by atoms with Crippen LogP contribution in [0.2, 0.25) is 5.02 Å². The lowest BCUT2D eigenvalue weighted by Crippen LogP contribution is -2.26. The smallest absolute Gasteiger partial charge is 0.336 e. The number of halogens is 1. The molecule has 0 unspecified atom stereocenters. The summed E-state index contributed by atoms with van der Waals surface area (Å²) in [5.74, 6) is 0. The lowest BCUT2D eigenvalue weighted by Gasteiger charge is -2.22. The van der Waals surface area contributed by atoms with Crippen LogP contribution in [-0.4, -0.2) is 23.2 Å². The zero-order valence-electron chi connectivity index (χ0n) is 14.0. The predicted molar refractivity (Wildman–Crippen MR) is 99.9 cm³/mol. The molecule has 3 aromatic rings. The first-order valence-corrected chi connectivity index (χ1v) is 8.54. The maximum absolute atomic E-state index is 11.9. The third-order valence-corrected chi connectivity index (χ3v) is 4.58. The number of hydrogen-bond acceptors (Lipinski definition) is 4. The Morgan fingerprint density at radius 2 is 1.88 bits per heavy atom. The van der Waals surface area contributed by atoms with Crippen molar-refractivity contribution >= 4 is 22.6 Å². The summed E-state index contributed by atoms with van der Waals surface area (Å²) >= 11 is 6.25. The number of aliphatic hydroxyl groups is 1. The summed E-state index contributed by atoms with van der Waals surface area (Å²) in [6, 6.07) is 15.2. The molecule has 0 aliphatic heterocycles. The molecule has 5 heteroatoms. The van der Waals surface area contributed by atoms with Gasteiger partial charge >= 0.3 is 5.63 Å². The van der Waals surface area contributed by atoms with Crippen LogP contribution in [0.25, 0.3) is 11.0 Å². The second-order valence-electron chi connectivity index (χ2n) is 6.11. The monoisotopic (exact) mass is 357 g/mol. The van der Waals surface area contributed by atoms with Crippen LogP contribution in [0.5, 0.6) is 0 Å². The van der Waals surface area contributed by atoms with Gasteiger partial charge in [0.2, 0.25) is 0 Å². The minimum absolute atomic E-state index is 0.0477. The summed E-state index contributed by atoms with van der Waals surface area (Å²) in [6.45, 7) is 3.64. The van der Waals surface area contributed by atoms with Gasteiger partial charge in [0.15, 0.2) is 0 Å². The van der Waals surface area contributed by atoms with Crippen LogP contribution in [0.1, 0.15) is 16.7 Å². The molecule has 0 aliphatic carbocycles. The Hall–Kier alpha value is -2.14. The van der Waals surface area contributed by atoms with E-state index in [9.17, 15) is 9.90 Å². The number of rotatable bonds is 6. The maximum Gasteiger partial charge on any atom is 0.336 e. The molecule has 130 valence electrons. The average molecular weight is 358 g/mol. The Labute approximate surface area is 151 Å². The molecule has 3 rings (SSSR count). The third kappa shape index (κ3) is 4.28. The number of benzene rings is 2. The highest BCUT2D eigenvalue weighted by molar-refractivity contribution is 6.32. The molecule has 0 bridgehead atoms. The summed E-state index contributed by atoms with van der Waals surface area (Å²) in [5.41, 5.74) is 3.02. The van der Waals surface area contributed by atoms with E-state index in [-0.39, 0.29) is 12.2 Å². The highest BCUT2D eigenvalue weighted by atomic mass is 35.5. The minimum Gasteiger partial charge on any atom is -0.423 e. The van der Waals surface area contributed by atoms with Crippen LogP contribution in [-0.2, 0) is 13.1 Å². The van der Waals surface area contributed by atoms with E-state index in [1.807, 2.05) is 43.3 Å². The van der Waals surface area contributed by atoms with Crippen molar-refractivity contribution in [1.82, 2.24) is 4.90 Å². The molecule has 1 aromatic heterocycles. The largest absolute Gasteiger partial charge is 0.423 e. The Morgan fingerprint density at radius 3 is 2.60 bits per heavy atom. The van der Waals surface area contributed by atoms with Gasteiger partial charge in [-0.3, -0.25) is 4.90 Å². The van der Waals surface area contributed by atoms with E-state index in [4.69, 9.17) is 16.0 Å².